The van der Waals surface area contributed by atoms with E-state index in [2.05, 4.69) is 16.0 Å². The first kappa shape index (κ1) is 16.1. The maximum absolute atomic E-state index is 13.0. The lowest BCUT2D eigenvalue weighted by atomic mass is 9.82. The van der Waals surface area contributed by atoms with Gasteiger partial charge in [-0.1, -0.05) is 18.2 Å². The van der Waals surface area contributed by atoms with Crippen LogP contribution in [0.3, 0.4) is 0 Å². The third-order valence-electron chi connectivity index (χ3n) is 4.84. The highest BCUT2D eigenvalue weighted by atomic mass is 19.1. The summed E-state index contributed by atoms with van der Waals surface area (Å²) in [6.45, 7) is 3.67. The predicted molar refractivity (Wildman–Crippen MR) is 90.4 cm³/mol. The minimum atomic E-state index is -0.173. The SMILES string of the molecule is NCC(c1ccccn1)C1CCN(Cc2ccc(F)cc2)CC1. The summed E-state index contributed by atoms with van der Waals surface area (Å²) in [6, 6.07) is 12.9. The maximum atomic E-state index is 13.0. The van der Waals surface area contributed by atoms with Crippen molar-refractivity contribution in [1.29, 1.82) is 0 Å². The van der Waals surface area contributed by atoms with Crippen LogP contribution in [0.4, 0.5) is 4.39 Å². The number of nitrogens with two attached hydrogens (primary N) is 1. The van der Waals surface area contributed by atoms with Crippen molar-refractivity contribution in [3.63, 3.8) is 0 Å². The lowest BCUT2D eigenvalue weighted by molar-refractivity contribution is 0.162. The lowest BCUT2D eigenvalue weighted by Crippen LogP contribution is -2.37. The first-order valence-electron chi connectivity index (χ1n) is 8.34. The summed E-state index contributed by atoms with van der Waals surface area (Å²) in [5.41, 5.74) is 8.31. The molecule has 2 N–H and O–H groups in total. The number of piperidine rings is 1. The smallest absolute Gasteiger partial charge is 0.123 e. The number of benzene rings is 1. The van der Waals surface area contributed by atoms with E-state index >= 15 is 0 Å². The molecule has 0 bridgehead atoms. The third-order valence-corrected chi connectivity index (χ3v) is 4.84. The molecule has 0 radical (unpaired) electrons. The van der Waals surface area contributed by atoms with Crippen molar-refractivity contribution in [2.45, 2.75) is 25.3 Å². The van der Waals surface area contributed by atoms with Gasteiger partial charge >= 0.3 is 0 Å². The van der Waals surface area contributed by atoms with E-state index in [9.17, 15) is 4.39 Å². The molecule has 1 aromatic heterocycles. The number of halogens is 1. The fourth-order valence-electron chi connectivity index (χ4n) is 3.51. The molecule has 3 rings (SSSR count). The zero-order valence-corrected chi connectivity index (χ0v) is 13.4. The van der Waals surface area contributed by atoms with E-state index in [0.29, 0.717) is 18.4 Å². The average Bonchev–Trinajstić information content (AvgIpc) is 2.60. The molecule has 1 aromatic carbocycles. The van der Waals surface area contributed by atoms with Crippen LogP contribution in [-0.2, 0) is 6.54 Å². The van der Waals surface area contributed by atoms with Crippen molar-refractivity contribution in [3.05, 3.63) is 65.7 Å². The highest BCUT2D eigenvalue weighted by Crippen LogP contribution is 2.31. The maximum Gasteiger partial charge on any atom is 0.123 e. The molecule has 4 heteroatoms. The normalized spacial score (nSPS) is 18.0. The second kappa shape index (κ2) is 7.66. The Kier molecular flexibility index (Phi) is 5.36. The van der Waals surface area contributed by atoms with Crippen molar-refractivity contribution >= 4 is 0 Å². The van der Waals surface area contributed by atoms with E-state index in [0.717, 1.165) is 38.2 Å². The molecular formula is C19H24FN3. The van der Waals surface area contributed by atoms with Gasteiger partial charge in [-0.15, -0.1) is 0 Å². The van der Waals surface area contributed by atoms with E-state index in [4.69, 9.17) is 5.73 Å². The van der Waals surface area contributed by atoms with Crippen molar-refractivity contribution in [1.82, 2.24) is 9.88 Å². The third kappa shape index (κ3) is 4.15. The summed E-state index contributed by atoms with van der Waals surface area (Å²) >= 11 is 0. The average molecular weight is 313 g/mol. The first-order chi connectivity index (χ1) is 11.3. The standard InChI is InChI=1S/C19H24FN3/c20-17-6-4-15(5-7-17)14-23-11-8-16(9-12-23)18(13-21)19-3-1-2-10-22-19/h1-7,10,16,18H,8-9,11-14,21H2. The van der Waals surface area contributed by atoms with E-state index in [-0.39, 0.29) is 5.82 Å². The number of pyridine rings is 1. The largest absolute Gasteiger partial charge is 0.330 e. The molecule has 23 heavy (non-hydrogen) atoms. The summed E-state index contributed by atoms with van der Waals surface area (Å²) in [6.07, 6.45) is 4.13. The van der Waals surface area contributed by atoms with Crippen molar-refractivity contribution in [3.8, 4) is 0 Å². The van der Waals surface area contributed by atoms with E-state index in [1.165, 1.54) is 17.7 Å². The van der Waals surface area contributed by atoms with Crippen LogP contribution in [-0.4, -0.2) is 29.5 Å². The number of hydrogen-bond donors (Lipinski definition) is 1. The second-order valence-electron chi connectivity index (χ2n) is 6.34. The van der Waals surface area contributed by atoms with Gasteiger partial charge < -0.3 is 5.73 Å². The quantitative estimate of drug-likeness (QED) is 0.922. The number of rotatable bonds is 5. The van der Waals surface area contributed by atoms with Crippen LogP contribution in [0.1, 0.15) is 30.0 Å². The van der Waals surface area contributed by atoms with E-state index in [1.54, 1.807) is 0 Å². The Bertz CT molecular complexity index is 592. The molecule has 0 aliphatic carbocycles. The number of nitrogens with zero attached hydrogens (tertiary/aromatic N) is 2. The number of aromatic nitrogens is 1. The van der Waals surface area contributed by atoms with Gasteiger partial charge in [-0.05, 0) is 61.7 Å². The van der Waals surface area contributed by atoms with Gasteiger partial charge in [0.05, 0.1) is 0 Å². The Morgan fingerprint density at radius 2 is 1.87 bits per heavy atom. The fourth-order valence-corrected chi connectivity index (χ4v) is 3.51. The Balaban J connectivity index is 1.56. The predicted octanol–water partition coefficient (Wildman–Crippen LogP) is 3.18. The molecule has 1 unspecified atom stereocenters. The van der Waals surface area contributed by atoms with Crippen LogP contribution < -0.4 is 5.73 Å². The number of hydrogen-bond acceptors (Lipinski definition) is 3. The van der Waals surface area contributed by atoms with Crippen LogP contribution >= 0.6 is 0 Å². The molecule has 1 saturated heterocycles. The highest BCUT2D eigenvalue weighted by Gasteiger charge is 2.27. The zero-order chi connectivity index (χ0) is 16.1. The molecule has 1 atom stereocenters. The van der Waals surface area contributed by atoms with Gasteiger partial charge in [-0.25, -0.2) is 4.39 Å². The Hall–Kier alpha value is -1.78. The summed E-state index contributed by atoms with van der Waals surface area (Å²) in [4.78, 5) is 6.93. The summed E-state index contributed by atoms with van der Waals surface area (Å²) in [5.74, 6) is 0.775. The highest BCUT2D eigenvalue weighted by molar-refractivity contribution is 5.16. The topological polar surface area (TPSA) is 42.1 Å². The Labute approximate surface area is 137 Å². The molecule has 2 heterocycles. The molecule has 1 aliphatic rings. The minimum absolute atomic E-state index is 0.173. The van der Waals surface area contributed by atoms with Crippen LogP contribution in [0.25, 0.3) is 0 Å². The molecular weight excluding hydrogens is 289 g/mol. The molecule has 0 saturated carbocycles. The molecule has 3 nitrogen and oxygen atoms in total. The lowest BCUT2D eigenvalue weighted by Gasteiger charge is -2.35. The minimum Gasteiger partial charge on any atom is -0.330 e. The van der Waals surface area contributed by atoms with Crippen molar-refractivity contribution in [2.75, 3.05) is 19.6 Å². The van der Waals surface area contributed by atoms with Gasteiger partial charge in [-0.2, -0.15) is 0 Å². The van der Waals surface area contributed by atoms with Gasteiger partial charge in [0.1, 0.15) is 5.82 Å². The molecule has 1 fully saturated rings. The molecule has 1 aliphatic heterocycles. The van der Waals surface area contributed by atoms with Gasteiger partial charge in [0, 0.05) is 30.9 Å². The summed E-state index contributed by atoms with van der Waals surface area (Å²) in [5, 5.41) is 0. The van der Waals surface area contributed by atoms with Gasteiger partial charge in [0.25, 0.3) is 0 Å². The van der Waals surface area contributed by atoms with Gasteiger partial charge in [0.15, 0.2) is 0 Å². The van der Waals surface area contributed by atoms with E-state index in [1.807, 2.05) is 30.5 Å². The molecule has 2 aromatic rings. The van der Waals surface area contributed by atoms with Crippen LogP contribution in [0.2, 0.25) is 0 Å². The Morgan fingerprint density at radius 3 is 2.48 bits per heavy atom. The first-order valence-corrected chi connectivity index (χ1v) is 8.34. The number of likely N-dealkylation sites (tertiary alicyclic amines) is 1. The van der Waals surface area contributed by atoms with Crippen LogP contribution in [0, 0.1) is 11.7 Å². The molecule has 122 valence electrons. The van der Waals surface area contributed by atoms with Crippen LogP contribution in [0.15, 0.2) is 48.7 Å². The van der Waals surface area contributed by atoms with Gasteiger partial charge in [0.2, 0.25) is 0 Å². The van der Waals surface area contributed by atoms with Crippen LogP contribution in [0.5, 0.6) is 0 Å². The fraction of sp³-hybridized carbons (Fsp3) is 0.421. The zero-order valence-electron chi connectivity index (χ0n) is 13.4. The van der Waals surface area contributed by atoms with Gasteiger partial charge in [-0.3, -0.25) is 9.88 Å². The monoisotopic (exact) mass is 313 g/mol. The van der Waals surface area contributed by atoms with Crippen molar-refractivity contribution < 1.29 is 4.39 Å². The Morgan fingerprint density at radius 1 is 1.13 bits per heavy atom. The van der Waals surface area contributed by atoms with Crippen molar-refractivity contribution in [2.24, 2.45) is 11.7 Å². The summed E-state index contributed by atoms with van der Waals surface area (Å²) in [7, 11) is 0. The molecule has 0 spiro atoms. The second-order valence-corrected chi connectivity index (χ2v) is 6.34. The molecule has 0 amide bonds. The summed E-state index contributed by atoms with van der Waals surface area (Å²) < 4.78 is 13.0. The van der Waals surface area contributed by atoms with E-state index < -0.39 is 0 Å².